The van der Waals surface area contributed by atoms with Gasteiger partial charge in [0, 0.05) is 26.0 Å². The van der Waals surface area contributed by atoms with Gasteiger partial charge in [0.15, 0.2) is 0 Å². The third-order valence-corrected chi connectivity index (χ3v) is 3.96. The molecule has 26 heavy (non-hydrogen) atoms. The number of nitrogens with two attached hydrogens (primary N) is 1. The number of aryl methyl sites for hydroxylation is 1. The van der Waals surface area contributed by atoms with E-state index >= 15 is 0 Å². The Balaban J connectivity index is 1.77. The van der Waals surface area contributed by atoms with E-state index in [1.807, 2.05) is 25.2 Å². The van der Waals surface area contributed by atoms with Gasteiger partial charge in [-0.1, -0.05) is 37.3 Å². The van der Waals surface area contributed by atoms with Crippen LogP contribution in [-0.4, -0.2) is 32.2 Å². The number of benzene rings is 1. The standard InChI is InChI=1S/C18H21N7O/c1-12(13-6-4-3-5-7-13)8-20-17-15(16(19)26)10-21-18(24-17)23-14-9-22-25(2)11-14/h3-7,9-12H,8H2,1-2H3,(H2,19,26)(H2,20,21,23,24). The average molecular weight is 351 g/mol. The van der Waals surface area contributed by atoms with Crippen LogP contribution in [0.4, 0.5) is 17.5 Å². The third kappa shape index (κ3) is 4.15. The maximum absolute atomic E-state index is 11.7. The first-order valence-electron chi connectivity index (χ1n) is 8.24. The number of amides is 1. The van der Waals surface area contributed by atoms with E-state index in [2.05, 4.69) is 44.8 Å². The molecule has 0 aliphatic carbocycles. The lowest BCUT2D eigenvalue weighted by molar-refractivity contribution is 0.100. The van der Waals surface area contributed by atoms with Gasteiger partial charge in [-0.3, -0.25) is 9.48 Å². The summed E-state index contributed by atoms with van der Waals surface area (Å²) in [6, 6.07) is 10.1. The molecule has 0 saturated heterocycles. The van der Waals surface area contributed by atoms with E-state index in [1.54, 1.807) is 17.1 Å². The normalized spacial score (nSPS) is 11.8. The zero-order chi connectivity index (χ0) is 18.5. The van der Waals surface area contributed by atoms with Crippen molar-refractivity contribution in [3.63, 3.8) is 0 Å². The number of rotatable bonds is 7. The van der Waals surface area contributed by atoms with E-state index in [0.717, 1.165) is 5.69 Å². The van der Waals surface area contributed by atoms with Crippen LogP contribution in [0, 0.1) is 0 Å². The SMILES string of the molecule is CC(CNc1nc(Nc2cnn(C)c2)ncc1C(N)=O)c1ccccc1. The second-order valence-electron chi connectivity index (χ2n) is 6.04. The maximum atomic E-state index is 11.7. The summed E-state index contributed by atoms with van der Waals surface area (Å²) in [4.78, 5) is 20.2. The fourth-order valence-corrected chi connectivity index (χ4v) is 2.52. The number of aromatic nitrogens is 4. The first kappa shape index (κ1) is 17.4. The molecule has 0 spiro atoms. The number of anilines is 3. The van der Waals surface area contributed by atoms with Crippen molar-refractivity contribution in [2.45, 2.75) is 12.8 Å². The molecule has 0 fully saturated rings. The molecule has 1 unspecified atom stereocenters. The van der Waals surface area contributed by atoms with Crippen molar-refractivity contribution in [3.8, 4) is 0 Å². The Hall–Kier alpha value is -3.42. The van der Waals surface area contributed by atoms with E-state index < -0.39 is 5.91 Å². The maximum Gasteiger partial charge on any atom is 0.254 e. The average Bonchev–Trinajstić information content (AvgIpc) is 3.05. The summed E-state index contributed by atoms with van der Waals surface area (Å²) in [5.74, 6) is 0.425. The van der Waals surface area contributed by atoms with E-state index in [9.17, 15) is 4.79 Å². The molecular formula is C18H21N7O. The highest BCUT2D eigenvalue weighted by atomic mass is 16.1. The molecule has 8 heteroatoms. The number of carbonyl (C=O) groups excluding carboxylic acids is 1. The van der Waals surface area contributed by atoms with Gasteiger partial charge in [0.2, 0.25) is 5.95 Å². The van der Waals surface area contributed by atoms with Crippen LogP contribution in [0.5, 0.6) is 0 Å². The Kier molecular flexibility index (Phi) is 5.12. The van der Waals surface area contributed by atoms with Crippen molar-refractivity contribution in [1.82, 2.24) is 19.7 Å². The molecule has 4 N–H and O–H groups in total. The molecule has 1 amide bonds. The van der Waals surface area contributed by atoms with Gasteiger partial charge in [-0.2, -0.15) is 10.1 Å². The molecule has 1 atom stereocenters. The summed E-state index contributed by atoms with van der Waals surface area (Å²) in [5.41, 5.74) is 7.65. The number of hydrogen-bond donors (Lipinski definition) is 3. The zero-order valence-corrected chi connectivity index (χ0v) is 14.7. The first-order chi connectivity index (χ1) is 12.5. The zero-order valence-electron chi connectivity index (χ0n) is 14.7. The van der Waals surface area contributed by atoms with Crippen molar-refractivity contribution in [1.29, 1.82) is 0 Å². The van der Waals surface area contributed by atoms with Crippen molar-refractivity contribution >= 4 is 23.4 Å². The first-order valence-corrected chi connectivity index (χ1v) is 8.24. The highest BCUT2D eigenvalue weighted by Crippen LogP contribution is 2.19. The van der Waals surface area contributed by atoms with Gasteiger partial charge in [0.25, 0.3) is 5.91 Å². The number of nitrogens with zero attached hydrogens (tertiary/aromatic N) is 4. The van der Waals surface area contributed by atoms with Gasteiger partial charge in [-0.05, 0) is 11.5 Å². The predicted molar refractivity (Wildman–Crippen MR) is 100 cm³/mol. The van der Waals surface area contributed by atoms with Crippen LogP contribution in [0.3, 0.4) is 0 Å². The molecule has 0 bridgehead atoms. The van der Waals surface area contributed by atoms with Crippen LogP contribution in [0.25, 0.3) is 0 Å². The largest absolute Gasteiger partial charge is 0.369 e. The summed E-state index contributed by atoms with van der Waals surface area (Å²) >= 11 is 0. The molecule has 3 aromatic rings. The fraction of sp³-hybridized carbons (Fsp3) is 0.222. The van der Waals surface area contributed by atoms with Crippen LogP contribution < -0.4 is 16.4 Å². The molecule has 1 aromatic carbocycles. The number of primary amides is 1. The molecule has 0 radical (unpaired) electrons. The third-order valence-electron chi connectivity index (χ3n) is 3.96. The number of hydrogen-bond acceptors (Lipinski definition) is 6. The van der Waals surface area contributed by atoms with E-state index in [1.165, 1.54) is 11.8 Å². The van der Waals surface area contributed by atoms with Crippen molar-refractivity contribution in [3.05, 3.63) is 60.0 Å². The molecule has 2 aromatic heterocycles. The molecule has 0 aliphatic rings. The predicted octanol–water partition coefficient (Wildman–Crippen LogP) is 2.27. The minimum Gasteiger partial charge on any atom is -0.369 e. The van der Waals surface area contributed by atoms with Crippen LogP contribution >= 0.6 is 0 Å². The van der Waals surface area contributed by atoms with Crippen molar-refractivity contribution < 1.29 is 4.79 Å². The summed E-state index contributed by atoms with van der Waals surface area (Å²) < 4.78 is 1.67. The topological polar surface area (TPSA) is 111 Å². The molecule has 0 aliphatic heterocycles. The van der Waals surface area contributed by atoms with Crippen molar-refractivity contribution in [2.75, 3.05) is 17.2 Å². The number of carbonyl (C=O) groups is 1. The van der Waals surface area contributed by atoms with E-state index in [-0.39, 0.29) is 11.5 Å². The van der Waals surface area contributed by atoms with E-state index in [4.69, 9.17) is 5.73 Å². The lowest BCUT2D eigenvalue weighted by Crippen LogP contribution is -2.19. The Bertz CT molecular complexity index is 892. The lowest BCUT2D eigenvalue weighted by Gasteiger charge is -2.15. The smallest absolute Gasteiger partial charge is 0.254 e. The summed E-state index contributed by atoms with van der Waals surface area (Å²) in [6.07, 6.45) is 4.88. The van der Waals surface area contributed by atoms with Crippen LogP contribution in [0.15, 0.2) is 48.9 Å². The minimum atomic E-state index is -0.576. The Morgan fingerprint density at radius 1 is 1.27 bits per heavy atom. The molecule has 134 valence electrons. The second kappa shape index (κ2) is 7.64. The monoisotopic (exact) mass is 351 g/mol. The van der Waals surface area contributed by atoms with Crippen molar-refractivity contribution in [2.24, 2.45) is 12.8 Å². The van der Waals surface area contributed by atoms with E-state index in [0.29, 0.717) is 18.3 Å². The number of nitrogens with one attached hydrogen (secondary N) is 2. The Morgan fingerprint density at radius 3 is 2.69 bits per heavy atom. The van der Waals surface area contributed by atoms with Gasteiger partial charge in [-0.25, -0.2) is 4.98 Å². The summed E-state index contributed by atoms with van der Waals surface area (Å²) in [5, 5.41) is 10.3. The van der Waals surface area contributed by atoms with Crippen LogP contribution in [-0.2, 0) is 7.05 Å². The van der Waals surface area contributed by atoms with Gasteiger partial charge >= 0.3 is 0 Å². The highest BCUT2D eigenvalue weighted by Gasteiger charge is 2.14. The molecule has 8 nitrogen and oxygen atoms in total. The lowest BCUT2D eigenvalue weighted by atomic mass is 10.0. The molecule has 3 rings (SSSR count). The minimum absolute atomic E-state index is 0.238. The molecule has 0 saturated carbocycles. The summed E-state index contributed by atoms with van der Waals surface area (Å²) in [6.45, 7) is 2.70. The van der Waals surface area contributed by atoms with Gasteiger partial charge in [0.1, 0.15) is 5.82 Å². The molecule has 2 heterocycles. The summed E-state index contributed by atoms with van der Waals surface area (Å²) in [7, 11) is 1.82. The fourth-order valence-electron chi connectivity index (χ4n) is 2.52. The van der Waals surface area contributed by atoms with Gasteiger partial charge in [-0.15, -0.1) is 0 Å². The Morgan fingerprint density at radius 2 is 2.04 bits per heavy atom. The highest BCUT2D eigenvalue weighted by molar-refractivity contribution is 5.97. The van der Waals surface area contributed by atoms with Crippen LogP contribution in [0.2, 0.25) is 0 Å². The van der Waals surface area contributed by atoms with Crippen LogP contribution in [0.1, 0.15) is 28.8 Å². The quantitative estimate of drug-likeness (QED) is 0.602. The second-order valence-corrected chi connectivity index (χ2v) is 6.04. The molecular weight excluding hydrogens is 330 g/mol. The van der Waals surface area contributed by atoms with Gasteiger partial charge < -0.3 is 16.4 Å². The van der Waals surface area contributed by atoms with Gasteiger partial charge in [0.05, 0.1) is 17.4 Å². The Labute approximate surface area is 151 Å².